The second-order valence-corrected chi connectivity index (χ2v) is 9.81. The third-order valence-corrected chi connectivity index (χ3v) is 7.67. The maximum atomic E-state index is 4.71. The zero-order valence-corrected chi connectivity index (χ0v) is 18.7. The molecular formula is C26H44N2. The van der Waals surface area contributed by atoms with Crippen LogP contribution in [0.25, 0.3) is 0 Å². The summed E-state index contributed by atoms with van der Waals surface area (Å²) in [6, 6.07) is 4.63. The van der Waals surface area contributed by atoms with E-state index >= 15 is 0 Å². The topological polar surface area (TPSA) is 25.8 Å². The van der Waals surface area contributed by atoms with E-state index in [1.54, 1.807) is 0 Å². The maximum absolute atomic E-state index is 4.71. The first kappa shape index (κ1) is 21.8. The predicted octanol–water partition coefficient (Wildman–Crippen LogP) is 8.18. The van der Waals surface area contributed by atoms with Gasteiger partial charge in [0.2, 0.25) is 0 Å². The molecule has 0 atom stereocenters. The van der Waals surface area contributed by atoms with Gasteiger partial charge in [0.05, 0.1) is 11.4 Å². The lowest BCUT2D eigenvalue weighted by molar-refractivity contribution is 0.295. The summed E-state index contributed by atoms with van der Waals surface area (Å²) in [7, 11) is 0. The summed E-state index contributed by atoms with van der Waals surface area (Å²) >= 11 is 0. The molecule has 1 heterocycles. The molecule has 2 nitrogen and oxygen atoms in total. The van der Waals surface area contributed by atoms with Crippen LogP contribution in [0.4, 0.5) is 0 Å². The molecule has 0 saturated heterocycles. The zero-order chi connectivity index (χ0) is 19.6. The van der Waals surface area contributed by atoms with Crippen molar-refractivity contribution in [2.24, 2.45) is 11.8 Å². The van der Waals surface area contributed by atoms with Gasteiger partial charge in [0.15, 0.2) is 0 Å². The standard InChI is InChI=1S/C26H44N2/c1-3-5-7-9-21-11-15-23(16-12-21)25-19-20-26(28-27-25)24-17-13-22(14-18-24)10-8-6-4-2/h19-24H,3-18H2,1-2H3. The lowest BCUT2D eigenvalue weighted by Crippen LogP contribution is -2.17. The van der Waals surface area contributed by atoms with Crippen molar-refractivity contribution >= 4 is 0 Å². The number of nitrogens with zero attached hydrogens (tertiary/aromatic N) is 2. The normalized spacial score (nSPS) is 28.4. The molecular weight excluding hydrogens is 340 g/mol. The van der Waals surface area contributed by atoms with E-state index in [0.29, 0.717) is 11.8 Å². The molecule has 158 valence electrons. The monoisotopic (exact) mass is 384 g/mol. The van der Waals surface area contributed by atoms with Gasteiger partial charge in [-0.25, -0.2) is 0 Å². The first-order chi connectivity index (χ1) is 13.8. The van der Waals surface area contributed by atoms with Gasteiger partial charge in [-0.1, -0.05) is 65.2 Å². The van der Waals surface area contributed by atoms with Crippen LogP contribution < -0.4 is 0 Å². The fraction of sp³-hybridized carbons (Fsp3) is 0.846. The van der Waals surface area contributed by atoms with Gasteiger partial charge in [0, 0.05) is 11.8 Å². The van der Waals surface area contributed by atoms with Crippen LogP contribution >= 0.6 is 0 Å². The molecule has 0 bridgehead atoms. The second kappa shape index (κ2) is 11.9. The van der Waals surface area contributed by atoms with E-state index in [-0.39, 0.29) is 0 Å². The highest BCUT2D eigenvalue weighted by molar-refractivity contribution is 5.15. The molecule has 0 spiro atoms. The van der Waals surface area contributed by atoms with Gasteiger partial charge in [-0.05, 0) is 75.3 Å². The fourth-order valence-electron chi connectivity index (χ4n) is 5.65. The third-order valence-electron chi connectivity index (χ3n) is 7.67. The molecule has 2 fully saturated rings. The summed E-state index contributed by atoms with van der Waals surface area (Å²) < 4.78 is 0. The minimum atomic E-state index is 0.665. The summed E-state index contributed by atoms with van der Waals surface area (Å²) in [5, 5.41) is 9.42. The van der Waals surface area contributed by atoms with Crippen molar-refractivity contribution in [3.63, 3.8) is 0 Å². The van der Waals surface area contributed by atoms with Gasteiger partial charge in [-0.3, -0.25) is 0 Å². The van der Waals surface area contributed by atoms with E-state index in [1.807, 2.05) is 0 Å². The first-order valence-corrected chi connectivity index (χ1v) is 12.6. The minimum Gasteiger partial charge on any atom is -0.155 e. The predicted molar refractivity (Wildman–Crippen MR) is 120 cm³/mol. The molecule has 0 aromatic carbocycles. The van der Waals surface area contributed by atoms with Gasteiger partial charge < -0.3 is 0 Å². The zero-order valence-electron chi connectivity index (χ0n) is 18.7. The van der Waals surface area contributed by atoms with Gasteiger partial charge in [0.25, 0.3) is 0 Å². The number of unbranched alkanes of at least 4 members (excludes halogenated alkanes) is 4. The first-order valence-electron chi connectivity index (χ1n) is 12.6. The van der Waals surface area contributed by atoms with Crippen LogP contribution in [0.15, 0.2) is 12.1 Å². The summed E-state index contributed by atoms with van der Waals surface area (Å²) in [4.78, 5) is 0. The summed E-state index contributed by atoms with van der Waals surface area (Å²) in [6.45, 7) is 4.61. The Bertz CT molecular complexity index is 473. The average Bonchev–Trinajstić information content (AvgIpc) is 2.75. The number of hydrogen-bond acceptors (Lipinski definition) is 2. The van der Waals surface area contributed by atoms with Gasteiger partial charge >= 0.3 is 0 Å². The average molecular weight is 385 g/mol. The molecule has 2 heteroatoms. The van der Waals surface area contributed by atoms with Crippen molar-refractivity contribution in [2.45, 2.75) is 128 Å². The molecule has 2 aliphatic rings. The van der Waals surface area contributed by atoms with Gasteiger partial charge in [-0.15, -0.1) is 0 Å². The van der Waals surface area contributed by atoms with E-state index in [2.05, 4.69) is 26.0 Å². The molecule has 3 rings (SSSR count). The molecule has 1 aromatic heterocycles. The molecule has 0 N–H and O–H groups in total. The Labute approximate surface area is 174 Å². The van der Waals surface area contributed by atoms with Crippen LogP contribution in [-0.4, -0.2) is 10.2 Å². The number of aromatic nitrogens is 2. The molecule has 0 aliphatic heterocycles. The maximum Gasteiger partial charge on any atom is 0.0662 e. The van der Waals surface area contributed by atoms with Crippen LogP contribution in [0.1, 0.15) is 140 Å². The number of rotatable bonds is 10. The summed E-state index contributed by atoms with van der Waals surface area (Å²) in [5.74, 6) is 3.28. The van der Waals surface area contributed by atoms with E-state index in [9.17, 15) is 0 Å². The number of hydrogen-bond donors (Lipinski definition) is 0. The van der Waals surface area contributed by atoms with E-state index in [0.717, 1.165) is 11.8 Å². The van der Waals surface area contributed by atoms with Crippen LogP contribution in [0.5, 0.6) is 0 Å². The second-order valence-electron chi connectivity index (χ2n) is 9.81. The van der Waals surface area contributed by atoms with Crippen molar-refractivity contribution in [3.05, 3.63) is 23.5 Å². The summed E-state index contributed by atoms with van der Waals surface area (Å²) in [6.07, 6.45) is 22.2. The Balaban J connectivity index is 1.41. The van der Waals surface area contributed by atoms with E-state index < -0.39 is 0 Å². The molecule has 0 radical (unpaired) electrons. The minimum absolute atomic E-state index is 0.665. The van der Waals surface area contributed by atoms with Crippen LogP contribution in [0.2, 0.25) is 0 Å². The Morgan fingerprint density at radius 3 is 1.32 bits per heavy atom. The van der Waals surface area contributed by atoms with Crippen molar-refractivity contribution in [1.29, 1.82) is 0 Å². The lowest BCUT2D eigenvalue weighted by atomic mass is 9.77. The lowest BCUT2D eigenvalue weighted by Gasteiger charge is -2.29. The largest absolute Gasteiger partial charge is 0.155 e. The van der Waals surface area contributed by atoms with Crippen molar-refractivity contribution < 1.29 is 0 Å². The van der Waals surface area contributed by atoms with Crippen LogP contribution in [-0.2, 0) is 0 Å². The molecule has 28 heavy (non-hydrogen) atoms. The van der Waals surface area contributed by atoms with Gasteiger partial charge in [-0.2, -0.15) is 10.2 Å². The smallest absolute Gasteiger partial charge is 0.0662 e. The third kappa shape index (κ3) is 6.56. The Morgan fingerprint density at radius 1 is 0.607 bits per heavy atom. The van der Waals surface area contributed by atoms with Gasteiger partial charge in [0.1, 0.15) is 0 Å². The molecule has 0 unspecified atom stereocenters. The molecule has 0 amide bonds. The quantitative estimate of drug-likeness (QED) is 0.380. The Hall–Kier alpha value is -0.920. The SMILES string of the molecule is CCCCCC1CCC(c2ccc(C3CCC(CCCCC)CC3)nn2)CC1. The highest BCUT2D eigenvalue weighted by Crippen LogP contribution is 2.39. The van der Waals surface area contributed by atoms with Crippen molar-refractivity contribution in [1.82, 2.24) is 10.2 Å². The van der Waals surface area contributed by atoms with E-state index in [4.69, 9.17) is 10.2 Å². The van der Waals surface area contributed by atoms with Crippen molar-refractivity contribution in [2.75, 3.05) is 0 Å². The Morgan fingerprint density at radius 2 is 1.00 bits per heavy atom. The molecule has 2 saturated carbocycles. The van der Waals surface area contributed by atoms with Crippen LogP contribution in [0, 0.1) is 11.8 Å². The fourth-order valence-corrected chi connectivity index (χ4v) is 5.65. The van der Waals surface area contributed by atoms with E-state index in [1.165, 1.54) is 114 Å². The Kier molecular flexibility index (Phi) is 9.28. The summed E-state index contributed by atoms with van der Waals surface area (Å²) in [5.41, 5.74) is 2.54. The highest BCUT2D eigenvalue weighted by atomic mass is 15.1. The molecule has 2 aliphatic carbocycles. The molecule has 1 aromatic rings. The highest BCUT2D eigenvalue weighted by Gasteiger charge is 2.25. The van der Waals surface area contributed by atoms with Crippen molar-refractivity contribution in [3.8, 4) is 0 Å². The van der Waals surface area contributed by atoms with Crippen LogP contribution in [0.3, 0.4) is 0 Å².